The molecule has 0 amide bonds. The van der Waals surface area contributed by atoms with Crippen molar-refractivity contribution < 1.29 is 8.42 Å². The van der Waals surface area contributed by atoms with Crippen LogP contribution in [0.1, 0.15) is 0 Å². The van der Waals surface area contributed by atoms with E-state index < -0.39 is 10.0 Å². The van der Waals surface area contributed by atoms with Crippen LogP contribution in [0, 0.1) is 0 Å². The predicted molar refractivity (Wildman–Crippen MR) is 58.0 cm³/mol. The molecule has 2 aromatic rings. The third-order valence-electron chi connectivity index (χ3n) is 1.88. The molecule has 0 unspecified atom stereocenters. The number of aromatic amines is 1. The second kappa shape index (κ2) is 3.81. The maximum Gasteiger partial charge on any atom is 0.265 e. The highest BCUT2D eigenvalue weighted by Crippen LogP contribution is 2.19. The molecule has 0 saturated heterocycles. The van der Waals surface area contributed by atoms with Gasteiger partial charge in [-0.15, -0.1) is 0 Å². The molecular formula is C8H9N5O2S. The van der Waals surface area contributed by atoms with Crippen LogP contribution in [0.2, 0.25) is 0 Å². The second-order valence-corrected chi connectivity index (χ2v) is 4.68. The molecule has 8 heteroatoms. The van der Waals surface area contributed by atoms with Crippen molar-refractivity contribution in [2.24, 2.45) is 0 Å². The molecule has 0 saturated carbocycles. The van der Waals surface area contributed by atoms with Crippen LogP contribution < -0.4 is 10.5 Å². The van der Waals surface area contributed by atoms with Gasteiger partial charge in [0.25, 0.3) is 10.0 Å². The molecule has 0 fully saturated rings. The first-order valence-corrected chi connectivity index (χ1v) is 5.79. The van der Waals surface area contributed by atoms with Gasteiger partial charge in [0.2, 0.25) is 0 Å². The summed E-state index contributed by atoms with van der Waals surface area (Å²) >= 11 is 0. The van der Waals surface area contributed by atoms with Crippen molar-refractivity contribution in [3.8, 4) is 0 Å². The van der Waals surface area contributed by atoms with Crippen LogP contribution in [0.25, 0.3) is 0 Å². The molecule has 0 aromatic carbocycles. The van der Waals surface area contributed by atoms with E-state index >= 15 is 0 Å². The van der Waals surface area contributed by atoms with E-state index in [1.807, 2.05) is 0 Å². The fourth-order valence-corrected chi connectivity index (χ4v) is 2.08. The van der Waals surface area contributed by atoms with Crippen molar-refractivity contribution in [1.29, 1.82) is 0 Å². The quantitative estimate of drug-likeness (QED) is 0.707. The monoisotopic (exact) mass is 239 g/mol. The Morgan fingerprint density at radius 3 is 2.81 bits per heavy atom. The van der Waals surface area contributed by atoms with Crippen LogP contribution in [-0.2, 0) is 10.0 Å². The van der Waals surface area contributed by atoms with E-state index in [1.54, 1.807) is 0 Å². The van der Waals surface area contributed by atoms with Crippen LogP contribution >= 0.6 is 0 Å². The zero-order chi connectivity index (χ0) is 11.6. The maximum absolute atomic E-state index is 11.8. The number of nitrogens with two attached hydrogens (primary N) is 1. The molecule has 4 N–H and O–H groups in total. The molecule has 0 radical (unpaired) electrons. The zero-order valence-electron chi connectivity index (χ0n) is 8.08. The van der Waals surface area contributed by atoms with Crippen molar-refractivity contribution in [2.75, 3.05) is 10.5 Å². The number of nitrogen functional groups attached to an aromatic ring is 1. The van der Waals surface area contributed by atoms with Crippen LogP contribution in [-0.4, -0.2) is 23.6 Å². The van der Waals surface area contributed by atoms with Gasteiger partial charge < -0.3 is 5.73 Å². The Bertz CT molecular complexity index is 578. The van der Waals surface area contributed by atoms with E-state index in [1.165, 1.54) is 30.9 Å². The Morgan fingerprint density at radius 1 is 1.38 bits per heavy atom. The number of pyridine rings is 1. The molecule has 7 nitrogen and oxygen atoms in total. The number of anilines is 2. The minimum absolute atomic E-state index is 0.0451. The fraction of sp³-hybridized carbons (Fsp3) is 0. The van der Waals surface area contributed by atoms with Gasteiger partial charge in [-0.2, -0.15) is 5.10 Å². The smallest absolute Gasteiger partial charge is 0.265 e. The first-order valence-electron chi connectivity index (χ1n) is 4.31. The third-order valence-corrected chi connectivity index (χ3v) is 3.21. The standard InChI is InChI=1S/C8H9N5O2S/c9-7-5-10-2-1-8(7)13-16(14,15)6-3-11-12-4-6/h1-5H,9H2,(H,10,13)(H,11,12). The summed E-state index contributed by atoms with van der Waals surface area (Å²) in [6.45, 7) is 0. The molecule has 2 aromatic heterocycles. The molecule has 2 rings (SSSR count). The van der Waals surface area contributed by atoms with Crippen molar-refractivity contribution in [1.82, 2.24) is 15.2 Å². The minimum Gasteiger partial charge on any atom is -0.396 e. The number of H-pyrrole nitrogens is 1. The lowest BCUT2D eigenvalue weighted by Gasteiger charge is -2.07. The van der Waals surface area contributed by atoms with Gasteiger partial charge in [0.1, 0.15) is 4.90 Å². The summed E-state index contributed by atoms with van der Waals surface area (Å²) < 4.78 is 25.9. The van der Waals surface area contributed by atoms with Crippen LogP contribution in [0.4, 0.5) is 11.4 Å². The number of hydrogen-bond donors (Lipinski definition) is 3. The topological polar surface area (TPSA) is 114 Å². The van der Waals surface area contributed by atoms with Crippen molar-refractivity contribution >= 4 is 21.4 Å². The summed E-state index contributed by atoms with van der Waals surface area (Å²) in [5.41, 5.74) is 6.12. The summed E-state index contributed by atoms with van der Waals surface area (Å²) in [6.07, 6.45) is 5.30. The van der Waals surface area contributed by atoms with Gasteiger partial charge in [0.15, 0.2) is 0 Å². The summed E-state index contributed by atoms with van der Waals surface area (Å²) in [5, 5.41) is 5.99. The number of rotatable bonds is 3. The first kappa shape index (κ1) is 10.4. The number of nitrogens with one attached hydrogen (secondary N) is 2. The van der Waals surface area contributed by atoms with Crippen LogP contribution in [0.3, 0.4) is 0 Å². The summed E-state index contributed by atoms with van der Waals surface area (Å²) in [6, 6.07) is 1.48. The Hall–Kier alpha value is -2.09. The summed E-state index contributed by atoms with van der Waals surface area (Å²) in [5.74, 6) is 0. The number of aromatic nitrogens is 3. The van der Waals surface area contributed by atoms with E-state index in [0.29, 0.717) is 0 Å². The third kappa shape index (κ3) is 1.96. The molecule has 0 aliphatic heterocycles. The van der Waals surface area contributed by atoms with Gasteiger partial charge >= 0.3 is 0 Å². The number of nitrogens with zero attached hydrogens (tertiary/aromatic N) is 2. The van der Waals surface area contributed by atoms with E-state index in [2.05, 4.69) is 19.9 Å². The highest BCUT2D eigenvalue weighted by atomic mass is 32.2. The molecule has 2 heterocycles. The van der Waals surface area contributed by atoms with E-state index in [0.717, 1.165) is 0 Å². The largest absolute Gasteiger partial charge is 0.396 e. The van der Waals surface area contributed by atoms with Gasteiger partial charge in [0.05, 0.1) is 23.8 Å². The van der Waals surface area contributed by atoms with Crippen molar-refractivity contribution in [2.45, 2.75) is 4.90 Å². The van der Waals surface area contributed by atoms with Gasteiger partial charge in [-0.25, -0.2) is 8.42 Å². The molecule has 0 aliphatic rings. The van der Waals surface area contributed by atoms with Crippen LogP contribution in [0.15, 0.2) is 35.7 Å². The number of sulfonamides is 1. The average molecular weight is 239 g/mol. The molecular weight excluding hydrogens is 230 g/mol. The maximum atomic E-state index is 11.8. The average Bonchev–Trinajstić information content (AvgIpc) is 2.75. The van der Waals surface area contributed by atoms with Crippen LogP contribution in [0.5, 0.6) is 0 Å². The first-order chi connectivity index (χ1) is 7.59. The van der Waals surface area contributed by atoms with Crippen molar-refractivity contribution in [3.05, 3.63) is 30.9 Å². The minimum atomic E-state index is -3.64. The molecule has 0 bridgehead atoms. The highest BCUT2D eigenvalue weighted by Gasteiger charge is 2.16. The molecule has 0 atom stereocenters. The molecule has 16 heavy (non-hydrogen) atoms. The van der Waals surface area contributed by atoms with Gasteiger partial charge in [-0.05, 0) is 6.07 Å². The van der Waals surface area contributed by atoms with Gasteiger partial charge in [-0.1, -0.05) is 0 Å². The Kier molecular flexibility index (Phi) is 2.49. The lowest BCUT2D eigenvalue weighted by atomic mass is 10.4. The lowest BCUT2D eigenvalue weighted by molar-refractivity contribution is 0.601. The second-order valence-electron chi connectivity index (χ2n) is 3.00. The van der Waals surface area contributed by atoms with E-state index in [-0.39, 0.29) is 16.3 Å². The number of hydrogen-bond acceptors (Lipinski definition) is 5. The Morgan fingerprint density at radius 2 is 2.19 bits per heavy atom. The van der Waals surface area contributed by atoms with Gasteiger partial charge in [0, 0.05) is 12.4 Å². The Labute approximate surface area is 91.8 Å². The summed E-state index contributed by atoms with van der Waals surface area (Å²) in [4.78, 5) is 3.80. The SMILES string of the molecule is Nc1cnccc1NS(=O)(=O)c1cn[nH]c1. The normalized spacial score (nSPS) is 11.2. The molecule has 0 spiro atoms. The molecule has 84 valence electrons. The van der Waals surface area contributed by atoms with Gasteiger partial charge in [-0.3, -0.25) is 14.8 Å². The summed E-state index contributed by atoms with van der Waals surface area (Å²) in [7, 11) is -3.64. The fourth-order valence-electron chi connectivity index (χ4n) is 1.09. The molecule has 0 aliphatic carbocycles. The van der Waals surface area contributed by atoms with E-state index in [9.17, 15) is 8.42 Å². The van der Waals surface area contributed by atoms with E-state index in [4.69, 9.17) is 5.73 Å². The van der Waals surface area contributed by atoms with Crippen molar-refractivity contribution in [3.63, 3.8) is 0 Å². The highest BCUT2D eigenvalue weighted by molar-refractivity contribution is 7.92. The predicted octanol–water partition coefficient (Wildman–Crippen LogP) is 0.188. The zero-order valence-corrected chi connectivity index (χ0v) is 8.90. The lowest BCUT2D eigenvalue weighted by Crippen LogP contribution is -2.13. The Balaban J connectivity index is 2.33.